The molecular weight excluding hydrogens is 386 g/mol. The van der Waals surface area contributed by atoms with Gasteiger partial charge in [0.1, 0.15) is 19.0 Å². The van der Waals surface area contributed by atoms with Crippen LogP contribution in [0.3, 0.4) is 0 Å². The maximum absolute atomic E-state index is 13.0. The number of hydrogen-bond acceptors (Lipinski definition) is 7. The molecule has 0 unspecified atom stereocenters. The Morgan fingerprint density at radius 1 is 1.13 bits per heavy atom. The van der Waals surface area contributed by atoms with Gasteiger partial charge in [-0.2, -0.15) is 0 Å². The summed E-state index contributed by atoms with van der Waals surface area (Å²) in [5, 5.41) is 11.1. The molecule has 0 aliphatic carbocycles. The van der Waals surface area contributed by atoms with E-state index >= 15 is 0 Å². The van der Waals surface area contributed by atoms with Crippen LogP contribution in [0.25, 0.3) is 5.76 Å². The first kappa shape index (κ1) is 19.9. The molecule has 1 N–H and O–H groups in total. The number of ether oxygens (including phenoxy) is 2. The molecule has 0 saturated carbocycles. The van der Waals surface area contributed by atoms with Crippen molar-refractivity contribution in [1.29, 1.82) is 0 Å². The molecule has 8 heteroatoms. The minimum Gasteiger partial charge on any atom is -0.507 e. The first-order valence-corrected chi connectivity index (χ1v) is 9.70. The van der Waals surface area contributed by atoms with E-state index in [1.165, 1.54) is 4.90 Å². The second-order valence-corrected chi connectivity index (χ2v) is 7.43. The fraction of sp³-hybridized carbons (Fsp3) is 0.318. The summed E-state index contributed by atoms with van der Waals surface area (Å²) in [5.41, 5.74) is 1.16. The maximum Gasteiger partial charge on any atom is 0.295 e. The lowest BCUT2D eigenvalue weighted by molar-refractivity contribution is -0.140. The predicted octanol–water partition coefficient (Wildman–Crippen LogP) is 1.84. The second kappa shape index (κ2) is 8.16. The fourth-order valence-electron chi connectivity index (χ4n) is 3.66. The molecule has 1 aromatic heterocycles. The van der Waals surface area contributed by atoms with Crippen molar-refractivity contribution in [2.75, 3.05) is 40.4 Å². The summed E-state index contributed by atoms with van der Waals surface area (Å²) in [4.78, 5) is 33.2. The van der Waals surface area contributed by atoms with Gasteiger partial charge in [-0.15, -0.1) is 0 Å². The van der Waals surface area contributed by atoms with E-state index in [4.69, 9.17) is 9.47 Å². The van der Waals surface area contributed by atoms with Gasteiger partial charge in [-0.3, -0.25) is 14.6 Å². The molecule has 1 atom stereocenters. The van der Waals surface area contributed by atoms with Gasteiger partial charge in [-0.25, -0.2) is 0 Å². The fourth-order valence-corrected chi connectivity index (χ4v) is 3.66. The number of carbonyl (C=O) groups is 2. The molecule has 4 rings (SSSR count). The maximum atomic E-state index is 13.0. The smallest absolute Gasteiger partial charge is 0.295 e. The second-order valence-electron chi connectivity index (χ2n) is 7.43. The first-order valence-electron chi connectivity index (χ1n) is 9.70. The molecule has 0 radical (unpaired) electrons. The van der Waals surface area contributed by atoms with Crippen molar-refractivity contribution in [2.45, 2.75) is 6.04 Å². The largest absolute Gasteiger partial charge is 0.507 e. The van der Waals surface area contributed by atoms with E-state index in [-0.39, 0.29) is 11.3 Å². The van der Waals surface area contributed by atoms with Crippen LogP contribution in [0.4, 0.5) is 0 Å². The van der Waals surface area contributed by atoms with Crippen LogP contribution in [0.1, 0.15) is 17.2 Å². The topological polar surface area (TPSA) is 92.2 Å². The van der Waals surface area contributed by atoms with E-state index in [0.717, 1.165) is 0 Å². The van der Waals surface area contributed by atoms with Crippen molar-refractivity contribution >= 4 is 17.4 Å². The highest BCUT2D eigenvalue weighted by molar-refractivity contribution is 6.46. The average Bonchev–Trinajstić information content (AvgIpc) is 3.02. The van der Waals surface area contributed by atoms with Crippen LogP contribution < -0.4 is 9.47 Å². The molecule has 3 heterocycles. The number of benzene rings is 1. The monoisotopic (exact) mass is 409 g/mol. The molecule has 0 bridgehead atoms. The van der Waals surface area contributed by atoms with Crippen molar-refractivity contribution in [2.24, 2.45) is 0 Å². The minimum atomic E-state index is -0.706. The quantitative estimate of drug-likeness (QED) is 0.458. The van der Waals surface area contributed by atoms with Gasteiger partial charge in [0, 0.05) is 31.0 Å². The van der Waals surface area contributed by atoms with Crippen LogP contribution >= 0.6 is 0 Å². The lowest BCUT2D eigenvalue weighted by Crippen LogP contribution is -2.35. The number of aromatic nitrogens is 1. The zero-order valence-electron chi connectivity index (χ0n) is 16.9. The van der Waals surface area contributed by atoms with Crippen molar-refractivity contribution in [3.8, 4) is 11.5 Å². The number of likely N-dealkylation sites (N-methyl/N-ethyl adjacent to an activating group) is 1. The number of aliphatic hydroxyl groups excluding tert-OH is 1. The number of hydrogen-bond donors (Lipinski definition) is 1. The summed E-state index contributed by atoms with van der Waals surface area (Å²) < 4.78 is 11.1. The molecule has 2 aliphatic heterocycles. The first-order chi connectivity index (χ1) is 14.5. The Bertz CT molecular complexity index is 1000. The Balaban J connectivity index is 1.81. The third kappa shape index (κ3) is 3.61. The Morgan fingerprint density at radius 3 is 2.53 bits per heavy atom. The summed E-state index contributed by atoms with van der Waals surface area (Å²) in [6.07, 6.45) is 3.21. The number of amides is 1. The number of carbonyl (C=O) groups excluding carboxylic acids is 2. The third-order valence-corrected chi connectivity index (χ3v) is 5.17. The van der Waals surface area contributed by atoms with E-state index in [2.05, 4.69) is 4.98 Å². The third-order valence-electron chi connectivity index (χ3n) is 5.17. The molecule has 30 heavy (non-hydrogen) atoms. The zero-order valence-corrected chi connectivity index (χ0v) is 16.9. The van der Waals surface area contributed by atoms with Gasteiger partial charge in [-0.1, -0.05) is 0 Å². The number of pyridine rings is 1. The highest BCUT2D eigenvalue weighted by atomic mass is 16.6. The molecule has 2 aromatic rings. The number of aliphatic hydroxyl groups is 1. The number of fused-ring (bicyclic) bond motifs is 1. The van der Waals surface area contributed by atoms with Crippen molar-refractivity contribution < 1.29 is 24.2 Å². The van der Waals surface area contributed by atoms with Crippen molar-refractivity contribution in [3.05, 3.63) is 59.4 Å². The Kier molecular flexibility index (Phi) is 5.41. The molecule has 1 saturated heterocycles. The summed E-state index contributed by atoms with van der Waals surface area (Å²) in [5.74, 6) is -0.497. The van der Waals surface area contributed by atoms with E-state index in [1.54, 1.807) is 42.7 Å². The molecule has 8 nitrogen and oxygen atoms in total. The van der Waals surface area contributed by atoms with Crippen LogP contribution in [0.5, 0.6) is 11.5 Å². The van der Waals surface area contributed by atoms with Crippen LogP contribution in [-0.4, -0.2) is 72.0 Å². The molecule has 1 amide bonds. The zero-order chi connectivity index (χ0) is 21.3. The number of likely N-dealkylation sites (tertiary alicyclic amines) is 1. The van der Waals surface area contributed by atoms with Crippen LogP contribution in [0.15, 0.2) is 48.3 Å². The van der Waals surface area contributed by atoms with Crippen molar-refractivity contribution in [1.82, 2.24) is 14.8 Å². The Morgan fingerprint density at radius 2 is 1.83 bits per heavy atom. The number of nitrogens with zero attached hydrogens (tertiary/aromatic N) is 3. The minimum absolute atomic E-state index is 0.0571. The SMILES string of the molecule is CN(C)CCN1C(=O)C(=O)C(=C(O)c2ccc3c(c2)OCCO3)[C@H]1c1ccncc1. The lowest BCUT2D eigenvalue weighted by atomic mass is 9.96. The van der Waals surface area contributed by atoms with E-state index < -0.39 is 17.7 Å². The molecule has 156 valence electrons. The van der Waals surface area contributed by atoms with Gasteiger partial charge in [0.15, 0.2) is 11.5 Å². The van der Waals surface area contributed by atoms with Gasteiger partial charge in [0.2, 0.25) is 0 Å². The van der Waals surface area contributed by atoms with E-state index in [9.17, 15) is 14.7 Å². The van der Waals surface area contributed by atoms with Crippen LogP contribution in [0, 0.1) is 0 Å². The lowest BCUT2D eigenvalue weighted by Gasteiger charge is -2.26. The molecular formula is C22H23N3O5. The summed E-state index contributed by atoms with van der Waals surface area (Å²) in [7, 11) is 3.79. The molecule has 2 aliphatic rings. The van der Waals surface area contributed by atoms with Crippen LogP contribution in [0.2, 0.25) is 0 Å². The van der Waals surface area contributed by atoms with E-state index in [1.807, 2.05) is 19.0 Å². The Labute approximate surface area is 174 Å². The number of Topliss-reactive ketones (excluding diaryl/α,β-unsaturated/α-hetero) is 1. The standard InChI is InChI=1S/C22H23N3O5/c1-24(2)9-10-25-19(14-5-7-23-8-6-14)18(21(27)22(25)28)20(26)15-3-4-16-17(13-15)30-12-11-29-16/h3-8,13,19,26H,9-12H2,1-2H3/t19-/m1/s1. The molecule has 0 spiro atoms. The molecule has 1 aromatic carbocycles. The molecule has 1 fully saturated rings. The van der Waals surface area contributed by atoms with Gasteiger partial charge >= 0.3 is 0 Å². The summed E-state index contributed by atoms with van der Waals surface area (Å²) in [6, 6.07) is 7.77. The highest BCUT2D eigenvalue weighted by Crippen LogP contribution is 2.40. The van der Waals surface area contributed by atoms with Gasteiger partial charge in [0.05, 0.1) is 11.6 Å². The van der Waals surface area contributed by atoms with Gasteiger partial charge in [0.25, 0.3) is 11.7 Å². The Hall–Kier alpha value is -3.39. The van der Waals surface area contributed by atoms with Crippen LogP contribution in [-0.2, 0) is 9.59 Å². The number of ketones is 1. The van der Waals surface area contributed by atoms with E-state index in [0.29, 0.717) is 48.9 Å². The predicted molar refractivity (Wildman–Crippen MR) is 109 cm³/mol. The summed E-state index contributed by atoms with van der Waals surface area (Å²) in [6.45, 7) is 1.79. The normalized spacial score (nSPS) is 20.1. The van der Waals surface area contributed by atoms with Gasteiger partial charge < -0.3 is 24.4 Å². The number of rotatable bonds is 5. The average molecular weight is 409 g/mol. The van der Waals surface area contributed by atoms with Gasteiger partial charge in [-0.05, 0) is 50.0 Å². The van der Waals surface area contributed by atoms with Crippen molar-refractivity contribution in [3.63, 3.8) is 0 Å². The highest BCUT2D eigenvalue weighted by Gasteiger charge is 2.45. The summed E-state index contributed by atoms with van der Waals surface area (Å²) >= 11 is 0.